The second-order valence-corrected chi connectivity index (χ2v) is 9.30. The van der Waals surface area contributed by atoms with E-state index in [2.05, 4.69) is 39.0 Å². The smallest absolute Gasteiger partial charge is 0.254 e. The van der Waals surface area contributed by atoms with Gasteiger partial charge in [0.1, 0.15) is 0 Å². The van der Waals surface area contributed by atoms with Gasteiger partial charge in [-0.2, -0.15) is 0 Å². The molecule has 3 heterocycles. The molecule has 0 spiro atoms. The van der Waals surface area contributed by atoms with Crippen LogP contribution in [0.1, 0.15) is 48.0 Å². The van der Waals surface area contributed by atoms with E-state index < -0.39 is 0 Å². The van der Waals surface area contributed by atoms with E-state index in [0.29, 0.717) is 6.04 Å². The number of hydrogen-bond donors (Lipinski definition) is 0. The molecule has 4 rings (SSSR count). The molecule has 0 radical (unpaired) electrons. The number of likely N-dealkylation sites (tertiary alicyclic amines) is 2. The maximum Gasteiger partial charge on any atom is 0.254 e. The van der Waals surface area contributed by atoms with Gasteiger partial charge in [-0.05, 0) is 99.3 Å². The fraction of sp³-hybridized carbons (Fsp3) is 0.500. The Balaban J connectivity index is 1.26. The van der Waals surface area contributed by atoms with E-state index in [9.17, 15) is 4.79 Å². The summed E-state index contributed by atoms with van der Waals surface area (Å²) in [7, 11) is 0. The molecule has 29 heavy (non-hydrogen) atoms. The first-order chi connectivity index (χ1) is 14.3. The summed E-state index contributed by atoms with van der Waals surface area (Å²) in [6.45, 7) is 4.36. The van der Waals surface area contributed by atoms with Crippen molar-refractivity contribution in [2.24, 2.45) is 0 Å². The van der Waals surface area contributed by atoms with E-state index in [-0.39, 0.29) is 5.91 Å². The van der Waals surface area contributed by atoms with Gasteiger partial charge in [-0.15, -0.1) is 11.8 Å². The zero-order chi connectivity index (χ0) is 19.9. The summed E-state index contributed by atoms with van der Waals surface area (Å²) in [5.41, 5.74) is 2.18. The summed E-state index contributed by atoms with van der Waals surface area (Å²) in [5, 5.41) is 0. The lowest BCUT2D eigenvalue weighted by Gasteiger charge is -2.28. The molecule has 0 N–H and O–H groups in total. The Morgan fingerprint density at radius 3 is 2.52 bits per heavy atom. The van der Waals surface area contributed by atoms with Gasteiger partial charge in [-0.25, -0.2) is 0 Å². The largest absolute Gasteiger partial charge is 0.334 e. The molecule has 2 aliphatic rings. The summed E-state index contributed by atoms with van der Waals surface area (Å²) >= 11 is 1.87. The lowest BCUT2D eigenvalue weighted by molar-refractivity contribution is 0.0708. The Bertz CT molecular complexity index is 774. The van der Waals surface area contributed by atoms with E-state index in [1.54, 1.807) is 0 Å². The van der Waals surface area contributed by atoms with Crippen molar-refractivity contribution in [2.45, 2.75) is 49.5 Å². The number of aryl methyl sites for hydroxylation is 1. The third kappa shape index (κ3) is 5.61. The van der Waals surface area contributed by atoms with E-state index in [1.165, 1.54) is 36.4 Å². The molecule has 1 amide bonds. The van der Waals surface area contributed by atoms with Crippen LogP contribution in [0.2, 0.25) is 0 Å². The van der Waals surface area contributed by atoms with Crippen LogP contribution in [0.15, 0.2) is 53.7 Å². The Labute approximate surface area is 178 Å². The molecule has 5 heteroatoms. The fourth-order valence-corrected chi connectivity index (χ4v) is 5.28. The van der Waals surface area contributed by atoms with E-state index >= 15 is 0 Å². The van der Waals surface area contributed by atoms with Gasteiger partial charge >= 0.3 is 0 Å². The Hall–Kier alpha value is -1.85. The normalized spacial score (nSPS) is 19.7. The van der Waals surface area contributed by atoms with Gasteiger partial charge in [0.2, 0.25) is 0 Å². The van der Waals surface area contributed by atoms with E-state index in [0.717, 1.165) is 50.1 Å². The predicted molar refractivity (Wildman–Crippen MR) is 119 cm³/mol. The van der Waals surface area contributed by atoms with Crippen LogP contribution >= 0.6 is 11.8 Å². The van der Waals surface area contributed by atoms with Crippen molar-refractivity contribution < 1.29 is 4.79 Å². The summed E-state index contributed by atoms with van der Waals surface area (Å²) < 4.78 is 0. The number of benzene rings is 1. The molecule has 2 saturated heterocycles. The van der Waals surface area contributed by atoms with Crippen molar-refractivity contribution in [1.82, 2.24) is 14.8 Å². The predicted octanol–water partition coefficient (Wildman–Crippen LogP) is 4.51. The minimum atomic E-state index is 0.209. The van der Waals surface area contributed by atoms with Crippen LogP contribution < -0.4 is 0 Å². The highest BCUT2D eigenvalue weighted by atomic mass is 32.2. The quantitative estimate of drug-likeness (QED) is 0.475. The molecule has 154 valence electrons. The van der Waals surface area contributed by atoms with E-state index in [4.69, 9.17) is 0 Å². The average molecular weight is 410 g/mol. The van der Waals surface area contributed by atoms with Crippen LogP contribution in [0.5, 0.6) is 0 Å². The standard InChI is InChI=1S/C24H31N3OS/c28-24(27-17-3-6-22(27)19-26-15-1-2-16-26)21-7-9-23(10-8-21)29-18-4-5-20-11-13-25-14-12-20/h7-14,22H,1-6,15-19H2/t22-/m0/s1. The lowest BCUT2D eigenvalue weighted by atomic mass is 10.1. The molecule has 1 atom stereocenters. The summed E-state index contributed by atoms with van der Waals surface area (Å²) in [6, 6.07) is 12.8. The van der Waals surface area contributed by atoms with Gasteiger partial charge in [-0.1, -0.05) is 0 Å². The topological polar surface area (TPSA) is 36.4 Å². The zero-order valence-electron chi connectivity index (χ0n) is 17.1. The minimum Gasteiger partial charge on any atom is -0.334 e. The highest BCUT2D eigenvalue weighted by molar-refractivity contribution is 7.99. The highest BCUT2D eigenvalue weighted by Crippen LogP contribution is 2.24. The molecule has 0 saturated carbocycles. The maximum atomic E-state index is 13.1. The SMILES string of the molecule is O=C(c1ccc(SCCCc2ccncc2)cc1)N1CCC[C@H]1CN1CCCC1. The molecule has 2 fully saturated rings. The summed E-state index contributed by atoms with van der Waals surface area (Å²) in [6.07, 6.45) is 10.8. The third-order valence-electron chi connectivity index (χ3n) is 6.03. The zero-order valence-corrected chi connectivity index (χ0v) is 17.9. The Kier molecular flexibility index (Phi) is 7.23. The van der Waals surface area contributed by atoms with Gasteiger partial charge in [-0.3, -0.25) is 9.78 Å². The molecule has 4 nitrogen and oxygen atoms in total. The van der Waals surface area contributed by atoms with Crippen molar-refractivity contribution in [2.75, 3.05) is 31.9 Å². The van der Waals surface area contributed by atoms with Gasteiger partial charge in [0.05, 0.1) is 0 Å². The first-order valence-corrected chi connectivity index (χ1v) is 11.9. The molecule has 0 bridgehead atoms. The number of thioether (sulfide) groups is 1. The van der Waals surface area contributed by atoms with Crippen LogP contribution in [0.3, 0.4) is 0 Å². The number of pyridine rings is 1. The van der Waals surface area contributed by atoms with Crippen LogP contribution in [0, 0.1) is 0 Å². The third-order valence-corrected chi connectivity index (χ3v) is 7.13. The van der Waals surface area contributed by atoms with Gasteiger partial charge in [0, 0.05) is 42.0 Å². The number of rotatable bonds is 8. The van der Waals surface area contributed by atoms with Crippen molar-refractivity contribution in [3.05, 3.63) is 59.9 Å². The number of hydrogen-bond acceptors (Lipinski definition) is 4. The molecule has 0 aliphatic carbocycles. The van der Waals surface area contributed by atoms with Gasteiger partial charge in [0.25, 0.3) is 5.91 Å². The fourth-order valence-electron chi connectivity index (χ4n) is 4.43. The first kappa shape index (κ1) is 20.4. The number of aromatic nitrogens is 1. The number of amides is 1. The molecule has 0 unspecified atom stereocenters. The van der Waals surface area contributed by atoms with Crippen molar-refractivity contribution in [1.29, 1.82) is 0 Å². The molecule has 2 aliphatic heterocycles. The van der Waals surface area contributed by atoms with Gasteiger partial charge in [0.15, 0.2) is 0 Å². The number of carbonyl (C=O) groups excluding carboxylic acids is 1. The summed E-state index contributed by atoms with van der Waals surface area (Å²) in [4.78, 5) is 23.0. The minimum absolute atomic E-state index is 0.209. The van der Waals surface area contributed by atoms with Crippen LogP contribution in [-0.4, -0.2) is 58.7 Å². The first-order valence-electron chi connectivity index (χ1n) is 10.9. The average Bonchev–Trinajstić information content (AvgIpc) is 3.44. The number of nitrogens with zero attached hydrogens (tertiary/aromatic N) is 3. The maximum absolute atomic E-state index is 13.1. The molecule has 1 aromatic heterocycles. The second kappa shape index (κ2) is 10.3. The van der Waals surface area contributed by atoms with Crippen LogP contribution in [0.4, 0.5) is 0 Å². The lowest BCUT2D eigenvalue weighted by Crippen LogP contribution is -2.42. The molecular formula is C24H31N3OS. The Morgan fingerprint density at radius 1 is 1.00 bits per heavy atom. The molecule has 1 aromatic carbocycles. The highest BCUT2D eigenvalue weighted by Gasteiger charge is 2.31. The van der Waals surface area contributed by atoms with Gasteiger partial charge < -0.3 is 9.80 Å². The van der Waals surface area contributed by atoms with Crippen molar-refractivity contribution >= 4 is 17.7 Å². The summed E-state index contributed by atoms with van der Waals surface area (Å²) in [5.74, 6) is 1.29. The van der Waals surface area contributed by atoms with Crippen LogP contribution in [0.25, 0.3) is 0 Å². The van der Waals surface area contributed by atoms with Crippen molar-refractivity contribution in [3.63, 3.8) is 0 Å². The monoisotopic (exact) mass is 409 g/mol. The van der Waals surface area contributed by atoms with Crippen LogP contribution in [-0.2, 0) is 6.42 Å². The molecule has 2 aromatic rings. The second-order valence-electron chi connectivity index (χ2n) is 8.13. The number of carbonyl (C=O) groups is 1. The Morgan fingerprint density at radius 2 is 1.76 bits per heavy atom. The van der Waals surface area contributed by atoms with E-state index in [1.807, 2.05) is 36.3 Å². The molecular weight excluding hydrogens is 378 g/mol. The van der Waals surface area contributed by atoms with Crippen molar-refractivity contribution in [3.8, 4) is 0 Å².